The van der Waals surface area contributed by atoms with Gasteiger partial charge in [0.25, 0.3) is 5.56 Å². The number of nitrogen functional groups attached to an aromatic ring is 1. The topological polar surface area (TPSA) is 72.9 Å². The van der Waals surface area contributed by atoms with Crippen LogP contribution in [0.2, 0.25) is 5.02 Å². The molecular weight excluding hydrogens is 252 g/mol. The van der Waals surface area contributed by atoms with Gasteiger partial charge in [0.05, 0.1) is 17.6 Å². The largest absolute Gasteiger partial charge is 0.321 e. The molecule has 0 bridgehead atoms. The van der Waals surface area contributed by atoms with Crippen molar-refractivity contribution < 1.29 is 0 Å². The molecule has 0 saturated carbocycles. The summed E-state index contributed by atoms with van der Waals surface area (Å²) in [6.07, 6.45) is 3.08. The van der Waals surface area contributed by atoms with E-state index in [-0.39, 0.29) is 10.7 Å². The Balaban J connectivity index is 2.61. The summed E-state index contributed by atoms with van der Waals surface area (Å²) in [6.45, 7) is 3.67. The molecule has 0 spiro atoms. The molecule has 0 amide bonds. The van der Waals surface area contributed by atoms with Gasteiger partial charge in [-0.15, -0.1) is 0 Å². The van der Waals surface area contributed by atoms with E-state index in [0.717, 1.165) is 5.56 Å². The maximum atomic E-state index is 12.0. The summed E-state index contributed by atoms with van der Waals surface area (Å²) in [4.78, 5) is 12.0. The molecule has 0 fully saturated rings. The Bertz CT molecular complexity index is 651. The number of halogens is 1. The standard InChI is InChI=1S/C12H11ClN4O/c1-2-8-4-3-5-9(6-8)17-12(18)11(13)10(16-14)7-15-17/h2-7,16H,1,14H2. The second-order valence-corrected chi connectivity index (χ2v) is 3.91. The Morgan fingerprint density at radius 3 is 2.94 bits per heavy atom. The molecule has 1 aromatic heterocycles. The van der Waals surface area contributed by atoms with Crippen LogP contribution >= 0.6 is 11.6 Å². The fourth-order valence-corrected chi connectivity index (χ4v) is 1.68. The van der Waals surface area contributed by atoms with E-state index in [1.165, 1.54) is 10.9 Å². The molecule has 0 aliphatic rings. The zero-order valence-electron chi connectivity index (χ0n) is 9.43. The number of aromatic nitrogens is 2. The van der Waals surface area contributed by atoms with Crippen LogP contribution in [-0.2, 0) is 0 Å². The number of rotatable bonds is 3. The Morgan fingerprint density at radius 2 is 2.28 bits per heavy atom. The molecule has 5 nitrogen and oxygen atoms in total. The van der Waals surface area contributed by atoms with Crippen molar-refractivity contribution in [2.45, 2.75) is 0 Å². The number of nitrogens with two attached hydrogens (primary N) is 1. The van der Waals surface area contributed by atoms with Crippen LogP contribution in [0.5, 0.6) is 0 Å². The maximum absolute atomic E-state index is 12.0. The van der Waals surface area contributed by atoms with Crippen molar-refractivity contribution in [2.24, 2.45) is 5.84 Å². The second kappa shape index (κ2) is 5.03. The Kier molecular flexibility index (Phi) is 3.45. The van der Waals surface area contributed by atoms with Gasteiger partial charge in [0.1, 0.15) is 5.02 Å². The summed E-state index contributed by atoms with van der Waals surface area (Å²) in [7, 11) is 0. The highest BCUT2D eigenvalue weighted by atomic mass is 35.5. The second-order valence-electron chi connectivity index (χ2n) is 3.53. The van der Waals surface area contributed by atoms with E-state index in [0.29, 0.717) is 5.69 Å². The molecule has 6 heteroatoms. The predicted octanol–water partition coefficient (Wildman–Crippen LogP) is 1.81. The van der Waals surface area contributed by atoms with Gasteiger partial charge in [-0.2, -0.15) is 9.78 Å². The average Bonchev–Trinajstić information content (AvgIpc) is 2.42. The molecule has 1 heterocycles. The molecule has 2 aromatic rings. The lowest BCUT2D eigenvalue weighted by Crippen LogP contribution is -2.23. The SMILES string of the molecule is C=Cc1cccc(-n2ncc(NN)c(Cl)c2=O)c1. The molecule has 0 unspecified atom stereocenters. The third-order valence-corrected chi connectivity index (χ3v) is 2.79. The minimum atomic E-state index is -0.437. The van der Waals surface area contributed by atoms with E-state index < -0.39 is 5.56 Å². The van der Waals surface area contributed by atoms with Crippen molar-refractivity contribution in [3.63, 3.8) is 0 Å². The van der Waals surface area contributed by atoms with Crippen LogP contribution in [0.15, 0.2) is 41.8 Å². The molecule has 0 saturated heterocycles. The smallest absolute Gasteiger partial charge is 0.292 e. The van der Waals surface area contributed by atoms with Crippen molar-refractivity contribution in [1.82, 2.24) is 9.78 Å². The lowest BCUT2D eigenvalue weighted by atomic mass is 10.2. The molecule has 18 heavy (non-hydrogen) atoms. The van der Waals surface area contributed by atoms with Gasteiger partial charge in [0.2, 0.25) is 0 Å². The summed E-state index contributed by atoms with van der Waals surface area (Å²) in [5.74, 6) is 5.22. The summed E-state index contributed by atoms with van der Waals surface area (Å²) in [5, 5.41) is 4.00. The normalized spacial score (nSPS) is 10.1. The number of hydrogen-bond acceptors (Lipinski definition) is 4. The van der Waals surface area contributed by atoms with E-state index in [1.807, 2.05) is 12.1 Å². The molecule has 92 valence electrons. The Labute approximate surface area is 108 Å². The average molecular weight is 263 g/mol. The van der Waals surface area contributed by atoms with Crippen LogP contribution in [0, 0.1) is 0 Å². The first-order chi connectivity index (χ1) is 8.67. The lowest BCUT2D eigenvalue weighted by Gasteiger charge is -2.08. The molecule has 1 aromatic carbocycles. The maximum Gasteiger partial charge on any atom is 0.292 e. The van der Waals surface area contributed by atoms with E-state index in [4.69, 9.17) is 17.4 Å². The van der Waals surface area contributed by atoms with Crippen LogP contribution in [0.3, 0.4) is 0 Å². The number of benzene rings is 1. The predicted molar refractivity (Wildman–Crippen MR) is 72.7 cm³/mol. The number of nitrogens with one attached hydrogen (secondary N) is 1. The van der Waals surface area contributed by atoms with Gasteiger partial charge in [-0.05, 0) is 17.7 Å². The number of hydrazine groups is 1. The highest BCUT2D eigenvalue weighted by molar-refractivity contribution is 6.32. The van der Waals surface area contributed by atoms with E-state index in [9.17, 15) is 4.79 Å². The molecular formula is C12H11ClN4O. The third kappa shape index (κ3) is 2.13. The van der Waals surface area contributed by atoms with Gasteiger partial charge in [0.15, 0.2) is 0 Å². The molecule has 0 radical (unpaired) electrons. The zero-order chi connectivity index (χ0) is 13.1. The summed E-state index contributed by atoms with van der Waals surface area (Å²) < 4.78 is 1.20. The number of nitrogens with zero attached hydrogens (tertiary/aromatic N) is 2. The first-order valence-corrected chi connectivity index (χ1v) is 5.52. The third-order valence-electron chi connectivity index (χ3n) is 2.42. The fraction of sp³-hybridized carbons (Fsp3) is 0. The first kappa shape index (κ1) is 12.3. The van der Waals surface area contributed by atoms with Crippen LogP contribution in [0.1, 0.15) is 5.56 Å². The minimum Gasteiger partial charge on any atom is -0.321 e. The van der Waals surface area contributed by atoms with Crippen molar-refractivity contribution in [3.8, 4) is 5.69 Å². The fourth-order valence-electron chi connectivity index (χ4n) is 1.50. The van der Waals surface area contributed by atoms with Gasteiger partial charge < -0.3 is 5.43 Å². The summed E-state index contributed by atoms with van der Waals surface area (Å²) in [6, 6.07) is 7.23. The van der Waals surface area contributed by atoms with Crippen molar-refractivity contribution in [1.29, 1.82) is 0 Å². The molecule has 3 N–H and O–H groups in total. The first-order valence-electron chi connectivity index (χ1n) is 5.14. The molecule has 0 aliphatic heterocycles. The number of anilines is 1. The molecule has 0 aliphatic carbocycles. The monoisotopic (exact) mass is 262 g/mol. The highest BCUT2D eigenvalue weighted by Gasteiger charge is 2.09. The van der Waals surface area contributed by atoms with Gasteiger partial charge >= 0.3 is 0 Å². The highest BCUT2D eigenvalue weighted by Crippen LogP contribution is 2.15. The molecule has 2 rings (SSSR count). The van der Waals surface area contributed by atoms with Gasteiger partial charge in [-0.25, -0.2) is 0 Å². The van der Waals surface area contributed by atoms with E-state index in [1.54, 1.807) is 18.2 Å². The van der Waals surface area contributed by atoms with Crippen molar-refractivity contribution >= 4 is 23.4 Å². The van der Waals surface area contributed by atoms with Gasteiger partial charge in [-0.1, -0.05) is 36.4 Å². The van der Waals surface area contributed by atoms with Crippen LogP contribution in [-0.4, -0.2) is 9.78 Å². The van der Waals surface area contributed by atoms with Crippen molar-refractivity contribution in [2.75, 3.05) is 5.43 Å². The summed E-state index contributed by atoms with van der Waals surface area (Å²) >= 11 is 5.89. The quantitative estimate of drug-likeness (QED) is 0.654. The Hall–Kier alpha value is -2.11. The minimum absolute atomic E-state index is 0.00324. The molecule has 0 atom stereocenters. The van der Waals surface area contributed by atoms with E-state index in [2.05, 4.69) is 17.1 Å². The van der Waals surface area contributed by atoms with Crippen LogP contribution < -0.4 is 16.8 Å². The van der Waals surface area contributed by atoms with Crippen LogP contribution in [0.25, 0.3) is 11.8 Å². The van der Waals surface area contributed by atoms with Crippen molar-refractivity contribution in [3.05, 3.63) is 58.0 Å². The van der Waals surface area contributed by atoms with E-state index >= 15 is 0 Å². The van der Waals surface area contributed by atoms with Gasteiger partial charge in [0, 0.05) is 0 Å². The van der Waals surface area contributed by atoms with Gasteiger partial charge in [-0.3, -0.25) is 10.6 Å². The van der Waals surface area contributed by atoms with Crippen LogP contribution in [0.4, 0.5) is 5.69 Å². The number of hydrogen-bond donors (Lipinski definition) is 2. The zero-order valence-corrected chi connectivity index (χ0v) is 10.2. The summed E-state index contributed by atoms with van der Waals surface area (Å²) in [5.41, 5.74) is 3.67. The lowest BCUT2D eigenvalue weighted by molar-refractivity contribution is 0.807. The Morgan fingerprint density at radius 1 is 1.50 bits per heavy atom.